The quantitative estimate of drug-likeness (QED) is 0.929. The maximum Gasteiger partial charge on any atom is 0.226 e. The van der Waals surface area contributed by atoms with E-state index in [-0.39, 0.29) is 6.04 Å². The van der Waals surface area contributed by atoms with Crippen LogP contribution >= 0.6 is 0 Å². The van der Waals surface area contributed by atoms with Gasteiger partial charge in [-0.25, -0.2) is 4.98 Å². The Kier molecular flexibility index (Phi) is 4.14. The van der Waals surface area contributed by atoms with Crippen molar-refractivity contribution in [3.8, 4) is 0 Å². The minimum Gasteiger partial charge on any atom is -0.336 e. The summed E-state index contributed by atoms with van der Waals surface area (Å²) >= 11 is 0. The van der Waals surface area contributed by atoms with Crippen molar-refractivity contribution in [3.05, 3.63) is 18.2 Å². The minimum absolute atomic E-state index is 0.0869. The first kappa shape index (κ1) is 15.2. The second-order valence-corrected chi connectivity index (χ2v) is 7.55. The average Bonchev–Trinajstić information content (AvgIpc) is 3.29. The highest BCUT2D eigenvalue weighted by Crippen LogP contribution is 2.50. The van der Waals surface area contributed by atoms with Gasteiger partial charge in [0.25, 0.3) is 0 Å². The molecule has 5 nitrogen and oxygen atoms in total. The molecule has 0 radical (unpaired) electrons. The van der Waals surface area contributed by atoms with E-state index >= 15 is 0 Å². The lowest BCUT2D eigenvalue weighted by Gasteiger charge is -2.36. The zero-order valence-corrected chi connectivity index (χ0v) is 14.1. The van der Waals surface area contributed by atoms with Crippen LogP contribution in [0.5, 0.6) is 0 Å². The van der Waals surface area contributed by atoms with E-state index in [1.807, 2.05) is 24.0 Å². The second kappa shape index (κ2) is 6.27. The lowest BCUT2D eigenvalue weighted by molar-refractivity contribution is -0.136. The Morgan fingerprint density at radius 1 is 1.30 bits per heavy atom. The number of aromatic nitrogens is 2. The van der Waals surface area contributed by atoms with Gasteiger partial charge in [-0.05, 0) is 18.3 Å². The Morgan fingerprint density at radius 3 is 2.87 bits per heavy atom. The third kappa shape index (κ3) is 2.91. The van der Waals surface area contributed by atoms with Gasteiger partial charge in [-0.3, -0.25) is 4.79 Å². The van der Waals surface area contributed by atoms with Crippen molar-refractivity contribution in [1.82, 2.24) is 19.8 Å². The zero-order chi connectivity index (χ0) is 15.8. The number of hydrogen-bond donors (Lipinski definition) is 1. The molecule has 1 aliphatic heterocycles. The number of imidazole rings is 1. The van der Waals surface area contributed by atoms with Crippen LogP contribution in [0.25, 0.3) is 0 Å². The van der Waals surface area contributed by atoms with Crippen molar-refractivity contribution < 1.29 is 4.79 Å². The topological polar surface area (TPSA) is 50.2 Å². The van der Waals surface area contributed by atoms with Crippen LogP contribution in [0.3, 0.4) is 0 Å². The molecule has 3 unspecified atom stereocenters. The fraction of sp³-hybridized carbons (Fsp3) is 0.778. The Labute approximate surface area is 138 Å². The predicted molar refractivity (Wildman–Crippen MR) is 88.7 cm³/mol. The summed E-state index contributed by atoms with van der Waals surface area (Å²) in [4.78, 5) is 19.7. The van der Waals surface area contributed by atoms with Gasteiger partial charge in [0.05, 0.1) is 0 Å². The van der Waals surface area contributed by atoms with Crippen molar-refractivity contribution in [2.75, 3.05) is 19.6 Å². The molecule has 1 aromatic heterocycles. The molecule has 0 aromatic carbocycles. The molecule has 126 valence electrons. The van der Waals surface area contributed by atoms with E-state index in [1.54, 1.807) is 0 Å². The summed E-state index contributed by atoms with van der Waals surface area (Å²) in [6, 6.07) is 0.0869. The van der Waals surface area contributed by atoms with Crippen LogP contribution in [0.4, 0.5) is 0 Å². The van der Waals surface area contributed by atoms with Gasteiger partial charge in [-0.1, -0.05) is 32.1 Å². The van der Waals surface area contributed by atoms with Crippen LogP contribution in [0.1, 0.15) is 50.4 Å². The van der Waals surface area contributed by atoms with Crippen molar-refractivity contribution in [1.29, 1.82) is 0 Å². The highest BCUT2D eigenvalue weighted by molar-refractivity contribution is 5.82. The lowest BCUT2D eigenvalue weighted by atomic mass is 9.85. The fourth-order valence-corrected chi connectivity index (χ4v) is 4.69. The van der Waals surface area contributed by atoms with Gasteiger partial charge in [0.2, 0.25) is 5.91 Å². The van der Waals surface area contributed by atoms with Gasteiger partial charge < -0.3 is 14.8 Å². The molecule has 1 saturated heterocycles. The molecule has 1 N–H and O–H groups in total. The molecule has 0 spiro atoms. The maximum absolute atomic E-state index is 13.1. The number of nitrogens with one attached hydrogen (secondary N) is 1. The number of rotatable bonds is 3. The van der Waals surface area contributed by atoms with E-state index < -0.39 is 0 Å². The van der Waals surface area contributed by atoms with Gasteiger partial charge in [-0.2, -0.15) is 0 Å². The third-order valence-corrected chi connectivity index (χ3v) is 6.10. The van der Waals surface area contributed by atoms with E-state index in [0.29, 0.717) is 17.7 Å². The second-order valence-electron chi connectivity index (χ2n) is 7.55. The number of amides is 1. The van der Waals surface area contributed by atoms with Crippen LogP contribution in [0.2, 0.25) is 0 Å². The van der Waals surface area contributed by atoms with Crippen molar-refractivity contribution in [2.45, 2.75) is 44.6 Å². The predicted octanol–water partition coefficient (Wildman–Crippen LogP) is 2.11. The van der Waals surface area contributed by atoms with Crippen LogP contribution in [0.15, 0.2) is 12.4 Å². The minimum atomic E-state index is 0.0869. The molecule has 5 heteroatoms. The van der Waals surface area contributed by atoms with E-state index in [1.165, 1.54) is 32.1 Å². The van der Waals surface area contributed by atoms with E-state index in [9.17, 15) is 4.79 Å². The van der Waals surface area contributed by atoms with Crippen LogP contribution in [0, 0.1) is 17.8 Å². The molecule has 1 amide bonds. The summed E-state index contributed by atoms with van der Waals surface area (Å²) in [7, 11) is 2.02. The molecule has 2 aliphatic carbocycles. The maximum atomic E-state index is 13.1. The summed E-state index contributed by atoms with van der Waals surface area (Å²) in [5.41, 5.74) is 0. The summed E-state index contributed by atoms with van der Waals surface area (Å²) in [5.74, 6) is 3.15. The molecular weight excluding hydrogens is 288 g/mol. The van der Waals surface area contributed by atoms with Crippen LogP contribution in [-0.2, 0) is 11.8 Å². The number of nitrogens with zero attached hydrogens (tertiary/aromatic N) is 3. The van der Waals surface area contributed by atoms with Gasteiger partial charge >= 0.3 is 0 Å². The molecule has 1 aromatic rings. The summed E-state index contributed by atoms with van der Waals surface area (Å²) in [6.45, 7) is 2.52. The molecule has 2 heterocycles. The molecule has 4 rings (SSSR count). The molecule has 3 atom stereocenters. The molecule has 3 aliphatic rings. The van der Waals surface area contributed by atoms with Crippen molar-refractivity contribution >= 4 is 5.91 Å². The van der Waals surface area contributed by atoms with Gasteiger partial charge in [-0.15, -0.1) is 0 Å². The standard InChI is InChI=1S/C18H28N4O/c1-21-9-8-20-17(21)16-12-19-7-10-22(16)18(23)15-11-14(15)13-5-3-2-4-6-13/h8-9,13-16,19H,2-7,10-12H2,1H3. The number of aryl methyl sites for hydroxylation is 1. The molecule has 3 fully saturated rings. The highest BCUT2D eigenvalue weighted by Gasteiger charge is 2.50. The number of hydrogen-bond acceptors (Lipinski definition) is 3. The largest absolute Gasteiger partial charge is 0.336 e. The summed E-state index contributed by atoms with van der Waals surface area (Å²) in [5, 5.41) is 3.42. The Balaban J connectivity index is 1.45. The van der Waals surface area contributed by atoms with Gasteiger partial charge in [0.1, 0.15) is 11.9 Å². The summed E-state index contributed by atoms with van der Waals surface area (Å²) < 4.78 is 2.05. The lowest BCUT2D eigenvalue weighted by Crippen LogP contribution is -2.50. The normalized spacial score (nSPS) is 32.0. The Morgan fingerprint density at radius 2 is 2.13 bits per heavy atom. The highest BCUT2D eigenvalue weighted by atomic mass is 16.2. The molecule has 23 heavy (non-hydrogen) atoms. The molecule has 0 bridgehead atoms. The number of carbonyl (C=O) groups is 1. The van der Waals surface area contributed by atoms with E-state index in [4.69, 9.17) is 0 Å². The van der Waals surface area contributed by atoms with Crippen molar-refractivity contribution in [3.63, 3.8) is 0 Å². The van der Waals surface area contributed by atoms with Crippen LogP contribution < -0.4 is 5.32 Å². The first-order valence-electron chi connectivity index (χ1n) is 9.24. The molecular formula is C18H28N4O. The van der Waals surface area contributed by atoms with E-state index in [2.05, 4.69) is 15.2 Å². The smallest absolute Gasteiger partial charge is 0.226 e. The van der Waals surface area contributed by atoms with Gasteiger partial charge in [0.15, 0.2) is 0 Å². The fourth-order valence-electron chi connectivity index (χ4n) is 4.69. The number of carbonyl (C=O) groups excluding carboxylic acids is 1. The first-order valence-corrected chi connectivity index (χ1v) is 9.24. The Hall–Kier alpha value is -1.36. The van der Waals surface area contributed by atoms with Gasteiger partial charge in [0, 0.05) is 45.0 Å². The van der Waals surface area contributed by atoms with E-state index in [0.717, 1.165) is 37.8 Å². The number of piperazine rings is 1. The van der Waals surface area contributed by atoms with Crippen LogP contribution in [-0.4, -0.2) is 40.0 Å². The Bertz CT molecular complexity index is 563. The monoisotopic (exact) mass is 316 g/mol. The summed E-state index contributed by atoms with van der Waals surface area (Å²) in [6.07, 6.45) is 11.7. The van der Waals surface area contributed by atoms with Crippen molar-refractivity contribution in [2.24, 2.45) is 24.8 Å². The third-order valence-electron chi connectivity index (χ3n) is 6.10. The first-order chi connectivity index (χ1) is 11.3. The molecule has 2 saturated carbocycles. The SMILES string of the molecule is Cn1ccnc1C1CNCCN1C(=O)C1CC1C1CCCCC1. The average molecular weight is 316 g/mol. The zero-order valence-electron chi connectivity index (χ0n) is 14.1.